The molecule has 0 aliphatic heterocycles. The predicted octanol–water partition coefficient (Wildman–Crippen LogP) is 0.179. The van der Waals surface area contributed by atoms with E-state index in [0.717, 1.165) is 0 Å². The lowest BCUT2D eigenvalue weighted by Crippen LogP contribution is -2.06. The Morgan fingerprint density at radius 2 is 2.00 bits per heavy atom. The van der Waals surface area contributed by atoms with Crippen LogP contribution in [0.25, 0.3) is 0 Å². The monoisotopic (exact) mass is 175 g/mol. The Kier molecular flexibility index (Phi) is 3.26. The molecule has 0 aliphatic carbocycles. The summed E-state index contributed by atoms with van der Waals surface area (Å²) in [5.74, 6) is -1.22. The largest absolute Gasteiger partial charge is 0.476 e. The second-order valence-electron chi connectivity index (χ2n) is 1.60. The molecule has 0 aromatic carbocycles. The molecule has 0 spiro atoms. The van der Waals surface area contributed by atoms with Crippen molar-refractivity contribution < 1.29 is 9.90 Å². The zero-order valence-electron chi connectivity index (χ0n) is 5.39. The van der Waals surface area contributed by atoms with Crippen LogP contribution in [-0.2, 0) is 0 Å². The van der Waals surface area contributed by atoms with E-state index in [1.807, 2.05) is 0 Å². The molecule has 1 rings (SSSR count). The topological polar surface area (TPSA) is 89.1 Å². The van der Waals surface area contributed by atoms with E-state index >= 15 is 0 Å². The molecule has 11 heavy (non-hydrogen) atoms. The summed E-state index contributed by atoms with van der Waals surface area (Å²) in [4.78, 5) is 17.3. The number of nitrogen functional groups attached to an aromatic ring is 1. The smallest absolute Gasteiger partial charge is 0.358 e. The SMILES string of the molecule is Cl.Nc1nccnc1C(=O)O. The standard InChI is InChI=1S/C5H5N3O2.ClH/c6-4-3(5(9)10)7-1-2-8-4;/h1-2H,(H2,6,8)(H,9,10);1H. The molecule has 0 unspecified atom stereocenters. The third-order valence-corrected chi connectivity index (χ3v) is 0.929. The van der Waals surface area contributed by atoms with Crippen LogP contribution < -0.4 is 5.73 Å². The van der Waals surface area contributed by atoms with Crippen LogP contribution in [0.15, 0.2) is 12.4 Å². The molecule has 1 aromatic rings. The van der Waals surface area contributed by atoms with E-state index in [4.69, 9.17) is 10.8 Å². The fraction of sp³-hybridized carbons (Fsp3) is 0. The average molecular weight is 176 g/mol. The minimum atomic E-state index is -1.16. The highest BCUT2D eigenvalue weighted by atomic mass is 35.5. The van der Waals surface area contributed by atoms with Crippen LogP contribution >= 0.6 is 12.4 Å². The molecule has 0 saturated heterocycles. The van der Waals surface area contributed by atoms with Crippen LogP contribution in [0.1, 0.15) is 10.5 Å². The molecule has 0 amide bonds. The van der Waals surface area contributed by atoms with E-state index in [9.17, 15) is 4.79 Å². The summed E-state index contributed by atoms with van der Waals surface area (Å²) in [6, 6.07) is 0. The second-order valence-corrected chi connectivity index (χ2v) is 1.60. The maximum Gasteiger partial charge on any atom is 0.358 e. The first-order chi connectivity index (χ1) is 4.72. The highest BCUT2D eigenvalue weighted by Crippen LogP contribution is 2.00. The van der Waals surface area contributed by atoms with Gasteiger partial charge in [0.05, 0.1) is 0 Å². The second kappa shape index (κ2) is 3.72. The molecule has 0 atom stereocenters. The van der Waals surface area contributed by atoms with Gasteiger partial charge in [0.25, 0.3) is 0 Å². The van der Waals surface area contributed by atoms with Crippen molar-refractivity contribution in [2.75, 3.05) is 5.73 Å². The number of anilines is 1. The van der Waals surface area contributed by atoms with Gasteiger partial charge >= 0.3 is 5.97 Å². The number of halogens is 1. The van der Waals surface area contributed by atoms with Gasteiger partial charge in [0.2, 0.25) is 0 Å². The Balaban J connectivity index is 0.000001000. The van der Waals surface area contributed by atoms with E-state index in [0.29, 0.717) is 0 Å². The van der Waals surface area contributed by atoms with Crippen LogP contribution in [0.3, 0.4) is 0 Å². The quantitative estimate of drug-likeness (QED) is 0.636. The number of carbonyl (C=O) groups is 1. The van der Waals surface area contributed by atoms with E-state index in [-0.39, 0.29) is 23.9 Å². The summed E-state index contributed by atoms with van der Waals surface area (Å²) < 4.78 is 0. The first-order valence-corrected chi connectivity index (χ1v) is 2.51. The van der Waals surface area contributed by atoms with E-state index in [2.05, 4.69) is 9.97 Å². The normalized spacial score (nSPS) is 8.36. The van der Waals surface area contributed by atoms with Gasteiger partial charge < -0.3 is 10.8 Å². The fourth-order valence-electron chi connectivity index (χ4n) is 0.514. The summed E-state index contributed by atoms with van der Waals surface area (Å²) in [6.07, 6.45) is 2.61. The lowest BCUT2D eigenvalue weighted by Gasteiger charge is -1.94. The summed E-state index contributed by atoms with van der Waals surface area (Å²) in [7, 11) is 0. The summed E-state index contributed by atoms with van der Waals surface area (Å²) in [5.41, 5.74) is 4.96. The molecular formula is C5H6ClN3O2. The average Bonchev–Trinajstić information content (AvgIpc) is 1.88. The van der Waals surface area contributed by atoms with Gasteiger partial charge in [-0.15, -0.1) is 12.4 Å². The molecule has 0 fully saturated rings. The minimum Gasteiger partial charge on any atom is -0.476 e. The first kappa shape index (κ1) is 9.64. The number of carboxylic acid groups (broad SMARTS) is 1. The van der Waals surface area contributed by atoms with Crippen molar-refractivity contribution in [3.63, 3.8) is 0 Å². The maximum absolute atomic E-state index is 10.2. The summed E-state index contributed by atoms with van der Waals surface area (Å²) in [5, 5.41) is 8.38. The number of rotatable bonds is 1. The molecule has 0 bridgehead atoms. The Morgan fingerprint density at radius 3 is 2.36 bits per heavy atom. The van der Waals surface area contributed by atoms with Gasteiger partial charge in [0.1, 0.15) is 0 Å². The highest BCUT2D eigenvalue weighted by Gasteiger charge is 2.07. The van der Waals surface area contributed by atoms with Crippen molar-refractivity contribution in [1.82, 2.24) is 9.97 Å². The molecular weight excluding hydrogens is 170 g/mol. The number of aromatic carboxylic acids is 1. The number of carboxylic acids is 1. The zero-order valence-corrected chi connectivity index (χ0v) is 6.21. The molecule has 1 heterocycles. The van der Waals surface area contributed by atoms with Gasteiger partial charge in [-0.05, 0) is 0 Å². The molecule has 0 radical (unpaired) electrons. The predicted molar refractivity (Wildman–Crippen MR) is 40.7 cm³/mol. The fourth-order valence-corrected chi connectivity index (χ4v) is 0.514. The first-order valence-electron chi connectivity index (χ1n) is 2.51. The van der Waals surface area contributed by atoms with Crippen molar-refractivity contribution in [3.8, 4) is 0 Å². The molecule has 60 valence electrons. The van der Waals surface area contributed by atoms with Crippen LogP contribution in [-0.4, -0.2) is 21.0 Å². The Morgan fingerprint density at radius 1 is 1.45 bits per heavy atom. The number of hydrogen-bond donors (Lipinski definition) is 2. The van der Waals surface area contributed by atoms with Crippen LogP contribution in [0.5, 0.6) is 0 Å². The third kappa shape index (κ3) is 2.05. The number of aromatic nitrogens is 2. The van der Waals surface area contributed by atoms with Crippen molar-refractivity contribution in [2.24, 2.45) is 0 Å². The van der Waals surface area contributed by atoms with Gasteiger partial charge in [0.15, 0.2) is 11.5 Å². The Bertz CT molecular complexity index is 266. The van der Waals surface area contributed by atoms with Crippen LogP contribution in [0, 0.1) is 0 Å². The van der Waals surface area contributed by atoms with Gasteiger partial charge in [-0.1, -0.05) is 0 Å². The van der Waals surface area contributed by atoms with E-state index < -0.39 is 5.97 Å². The van der Waals surface area contributed by atoms with E-state index in [1.54, 1.807) is 0 Å². The molecule has 3 N–H and O–H groups in total. The van der Waals surface area contributed by atoms with Crippen LogP contribution in [0.4, 0.5) is 5.82 Å². The molecule has 5 nitrogen and oxygen atoms in total. The van der Waals surface area contributed by atoms with E-state index in [1.165, 1.54) is 12.4 Å². The molecule has 0 aliphatic rings. The number of nitrogens with two attached hydrogens (primary N) is 1. The lowest BCUT2D eigenvalue weighted by atomic mass is 10.4. The summed E-state index contributed by atoms with van der Waals surface area (Å²) >= 11 is 0. The highest BCUT2D eigenvalue weighted by molar-refractivity contribution is 5.89. The minimum absolute atomic E-state index is 0. The van der Waals surface area contributed by atoms with Crippen LogP contribution in [0.2, 0.25) is 0 Å². The number of hydrogen-bond acceptors (Lipinski definition) is 4. The van der Waals surface area contributed by atoms with Gasteiger partial charge in [0, 0.05) is 12.4 Å². The Labute approximate surface area is 68.7 Å². The van der Waals surface area contributed by atoms with Crippen molar-refractivity contribution in [1.29, 1.82) is 0 Å². The molecule has 0 saturated carbocycles. The van der Waals surface area contributed by atoms with Gasteiger partial charge in [-0.2, -0.15) is 0 Å². The molecule has 6 heteroatoms. The lowest BCUT2D eigenvalue weighted by molar-refractivity contribution is 0.0691. The Hall–Kier alpha value is -1.36. The zero-order chi connectivity index (χ0) is 7.56. The van der Waals surface area contributed by atoms with Gasteiger partial charge in [-0.3, -0.25) is 0 Å². The molecule has 1 aromatic heterocycles. The van der Waals surface area contributed by atoms with Gasteiger partial charge in [-0.25, -0.2) is 14.8 Å². The maximum atomic E-state index is 10.2. The van der Waals surface area contributed by atoms with Crippen molar-refractivity contribution in [2.45, 2.75) is 0 Å². The number of nitrogens with zero attached hydrogens (tertiary/aromatic N) is 2. The summed E-state index contributed by atoms with van der Waals surface area (Å²) in [6.45, 7) is 0. The third-order valence-electron chi connectivity index (χ3n) is 0.929. The van der Waals surface area contributed by atoms with Crippen molar-refractivity contribution >= 4 is 24.2 Å². The van der Waals surface area contributed by atoms with Crippen molar-refractivity contribution in [3.05, 3.63) is 18.1 Å².